The van der Waals surface area contributed by atoms with Gasteiger partial charge in [-0.1, -0.05) is 12.2 Å². The van der Waals surface area contributed by atoms with Crippen LogP contribution in [-0.2, 0) is 13.0 Å². The molecule has 3 nitrogen and oxygen atoms in total. The van der Waals surface area contributed by atoms with E-state index in [1.807, 2.05) is 6.92 Å². The van der Waals surface area contributed by atoms with E-state index in [1.165, 1.54) is 11.3 Å². The summed E-state index contributed by atoms with van der Waals surface area (Å²) >= 11 is 0. The summed E-state index contributed by atoms with van der Waals surface area (Å²) in [7, 11) is 0. The first-order chi connectivity index (χ1) is 8.20. The van der Waals surface area contributed by atoms with E-state index in [1.54, 1.807) is 0 Å². The lowest BCUT2D eigenvalue weighted by Crippen LogP contribution is -2.37. The van der Waals surface area contributed by atoms with Crippen molar-refractivity contribution in [3.05, 3.63) is 29.1 Å². The second-order valence-electron chi connectivity index (χ2n) is 6.19. The lowest BCUT2D eigenvalue weighted by atomic mass is 10.1. The number of nitrogens with zero attached hydrogens (tertiary/aromatic N) is 2. The third-order valence-electron chi connectivity index (χ3n) is 2.98. The zero-order valence-corrected chi connectivity index (χ0v) is 12.7. The Morgan fingerprint density at radius 3 is 2.44 bits per heavy atom. The van der Waals surface area contributed by atoms with E-state index in [2.05, 4.69) is 56.3 Å². The SMILES string of the molecule is C=C(C)Cn1nc(C)c(CCNC(C)(C)C)c1C. The van der Waals surface area contributed by atoms with E-state index < -0.39 is 0 Å². The smallest absolute Gasteiger partial charge is 0.0629 e. The molecule has 0 spiro atoms. The van der Waals surface area contributed by atoms with Crippen LogP contribution in [0.5, 0.6) is 0 Å². The Morgan fingerprint density at radius 2 is 1.94 bits per heavy atom. The molecule has 0 fully saturated rings. The van der Waals surface area contributed by atoms with Gasteiger partial charge in [0.1, 0.15) is 0 Å². The molecule has 1 rings (SSSR count). The number of hydrogen-bond donors (Lipinski definition) is 1. The lowest BCUT2D eigenvalue weighted by molar-refractivity contribution is 0.429. The summed E-state index contributed by atoms with van der Waals surface area (Å²) in [4.78, 5) is 0. The molecule has 1 heterocycles. The van der Waals surface area contributed by atoms with E-state index in [4.69, 9.17) is 0 Å². The Balaban J connectivity index is 2.71. The van der Waals surface area contributed by atoms with Gasteiger partial charge >= 0.3 is 0 Å². The van der Waals surface area contributed by atoms with Crippen LogP contribution in [0.3, 0.4) is 0 Å². The van der Waals surface area contributed by atoms with Gasteiger partial charge in [-0.25, -0.2) is 0 Å². The maximum absolute atomic E-state index is 4.59. The molecule has 0 aliphatic rings. The van der Waals surface area contributed by atoms with Gasteiger partial charge in [-0.2, -0.15) is 5.10 Å². The van der Waals surface area contributed by atoms with E-state index >= 15 is 0 Å². The second-order valence-corrected chi connectivity index (χ2v) is 6.19. The molecule has 0 radical (unpaired) electrons. The highest BCUT2D eigenvalue weighted by Crippen LogP contribution is 2.15. The minimum atomic E-state index is 0.176. The first-order valence-corrected chi connectivity index (χ1v) is 6.63. The topological polar surface area (TPSA) is 29.9 Å². The number of allylic oxidation sites excluding steroid dienone is 1. The minimum absolute atomic E-state index is 0.176. The Hall–Kier alpha value is -1.09. The van der Waals surface area contributed by atoms with Gasteiger partial charge in [-0.05, 0) is 60.1 Å². The fourth-order valence-electron chi connectivity index (χ4n) is 2.07. The molecular formula is C15H27N3. The maximum Gasteiger partial charge on any atom is 0.0629 e. The minimum Gasteiger partial charge on any atom is -0.312 e. The Labute approximate surface area is 111 Å². The average Bonchev–Trinajstić information content (AvgIpc) is 2.42. The van der Waals surface area contributed by atoms with Crippen LogP contribution in [0, 0.1) is 13.8 Å². The van der Waals surface area contributed by atoms with Crippen molar-refractivity contribution in [2.24, 2.45) is 0 Å². The largest absolute Gasteiger partial charge is 0.312 e. The average molecular weight is 249 g/mol. The van der Waals surface area contributed by atoms with Gasteiger partial charge in [0.25, 0.3) is 0 Å². The molecule has 1 N–H and O–H groups in total. The molecule has 1 aromatic heterocycles. The molecule has 0 saturated heterocycles. The monoisotopic (exact) mass is 249 g/mol. The summed E-state index contributed by atoms with van der Waals surface area (Å²) in [5.74, 6) is 0. The quantitative estimate of drug-likeness (QED) is 0.813. The summed E-state index contributed by atoms with van der Waals surface area (Å²) in [6.45, 7) is 18.6. The maximum atomic E-state index is 4.59. The predicted octanol–water partition coefficient (Wildman–Crippen LogP) is 3.01. The van der Waals surface area contributed by atoms with Gasteiger partial charge < -0.3 is 5.32 Å². The summed E-state index contributed by atoms with van der Waals surface area (Å²) in [5.41, 5.74) is 5.10. The number of nitrogens with one attached hydrogen (secondary N) is 1. The molecule has 0 unspecified atom stereocenters. The molecule has 0 saturated carbocycles. The first-order valence-electron chi connectivity index (χ1n) is 6.63. The third kappa shape index (κ3) is 4.30. The number of rotatable bonds is 5. The van der Waals surface area contributed by atoms with Gasteiger partial charge in [-0.3, -0.25) is 4.68 Å². The lowest BCUT2D eigenvalue weighted by Gasteiger charge is -2.20. The van der Waals surface area contributed by atoms with Crippen LogP contribution in [0.15, 0.2) is 12.2 Å². The number of hydrogen-bond acceptors (Lipinski definition) is 2. The molecule has 0 bridgehead atoms. The van der Waals surface area contributed by atoms with E-state index in [-0.39, 0.29) is 5.54 Å². The predicted molar refractivity (Wildman–Crippen MR) is 78.0 cm³/mol. The van der Waals surface area contributed by atoms with Crippen LogP contribution < -0.4 is 5.32 Å². The fraction of sp³-hybridized carbons (Fsp3) is 0.667. The van der Waals surface area contributed by atoms with Crippen molar-refractivity contribution in [1.82, 2.24) is 15.1 Å². The molecule has 3 heteroatoms. The molecule has 0 atom stereocenters. The molecule has 102 valence electrons. The highest BCUT2D eigenvalue weighted by Gasteiger charge is 2.13. The van der Waals surface area contributed by atoms with Crippen molar-refractivity contribution in [1.29, 1.82) is 0 Å². The Morgan fingerprint density at radius 1 is 1.33 bits per heavy atom. The van der Waals surface area contributed by atoms with Gasteiger partial charge in [0.05, 0.1) is 12.2 Å². The Bertz CT molecular complexity index is 422. The molecule has 0 amide bonds. The molecule has 0 aliphatic heterocycles. The number of aryl methyl sites for hydroxylation is 1. The second kappa shape index (κ2) is 5.70. The van der Waals surface area contributed by atoms with Gasteiger partial charge in [0, 0.05) is 11.2 Å². The first kappa shape index (κ1) is 15.0. The van der Waals surface area contributed by atoms with E-state index in [0.717, 1.165) is 30.8 Å². The van der Waals surface area contributed by atoms with Crippen molar-refractivity contribution in [3.63, 3.8) is 0 Å². The standard InChI is InChI=1S/C15H27N3/c1-11(2)10-18-13(4)14(12(3)17-18)8-9-16-15(5,6)7/h16H,1,8-10H2,2-7H3. The van der Waals surface area contributed by atoms with Crippen molar-refractivity contribution in [2.75, 3.05) is 6.54 Å². The van der Waals surface area contributed by atoms with Gasteiger partial charge in [0.2, 0.25) is 0 Å². The summed E-state index contributed by atoms with van der Waals surface area (Å²) in [6, 6.07) is 0. The summed E-state index contributed by atoms with van der Waals surface area (Å²) in [6.07, 6.45) is 1.03. The van der Waals surface area contributed by atoms with Gasteiger partial charge in [-0.15, -0.1) is 0 Å². The summed E-state index contributed by atoms with van der Waals surface area (Å²) < 4.78 is 2.06. The fourth-order valence-corrected chi connectivity index (χ4v) is 2.07. The van der Waals surface area contributed by atoms with Crippen LogP contribution in [0.1, 0.15) is 44.6 Å². The van der Waals surface area contributed by atoms with Crippen molar-refractivity contribution >= 4 is 0 Å². The zero-order chi connectivity index (χ0) is 13.9. The number of aromatic nitrogens is 2. The summed E-state index contributed by atoms with van der Waals surface area (Å²) in [5, 5.41) is 8.11. The molecule has 0 aliphatic carbocycles. The van der Waals surface area contributed by atoms with Gasteiger partial charge in [0.15, 0.2) is 0 Å². The Kier molecular flexibility index (Phi) is 4.74. The molecule has 18 heavy (non-hydrogen) atoms. The van der Waals surface area contributed by atoms with Crippen LogP contribution in [0.2, 0.25) is 0 Å². The zero-order valence-electron chi connectivity index (χ0n) is 12.7. The molecule has 1 aromatic rings. The van der Waals surface area contributed by atoms with Crippen molar-refractivity contribution in [3.8, 4) is 0 Å². The normalized spacial score (nSPS) is 11.9. The van der Waals surface area contributed by atoms with Crippen LogP contribution in [-0.4, -0.2) is 21.9 Å². The third-order valence-corrected chi connectivity index (χ3v) is 2.98. The van der Waals surface area contributed by atoms with Crippen LogP contribution in [0.4, 0.5) is 0 Å². The molecular weight excluding hydrogens is 222 g/mol. The van der Waals surface area contributed by atoms with Crippen LogP contribution in [0.25, 0.3) is 0 Å². The van der Waals surface area contributed by atoms with Crippen molar-refractivity contribution < 1.29 is 0 Å². The highest BCUT2D eigenvalue weighted by molar-refractivity contribution is 5.25. The van der Waals surface area contributed by atoms with E-state index in [9.17, 15) is 0 Å². The van der Waals surface area contributed by atoms with Crippen molar-refractivity contribution in [2.45, 2.75) is 60.0 Å². The van der Waals surface area contributed by atoms with Crippen LogP contribution >= 0.6 is 0 Å². The molecule has 0 aromatic carbocycles. The van der Waals surface area contributed by atoms with E-state index in [0.29, 0.717) is 0 Å². The highest BCUT2D eigenvalue weighted by atomic mass is 15.3.